The molecule has 0 aliphatic rings. The van der Waals surface area contributed by atoms with Gasteiger partial charge in [0.1, 0.15) is 16.4 Å². The number of sulfonamides is 1. The van der Waals surface area contributed by atoms with Crippen molar-refractivity contribution in [1.82, 2.24) is 14.1 Å². The number of rotatable bonds is 6. The average Bonchev–Trinajstić information content (AvgIpc) is 2.84. The standard InChI is InChI=1S/C15H21N3O4S/c1-11-12(9-17(2)16-11)10-18(3)23(19,20)15-8-13(21-4)6-7-14(15)22-5/h6-9H,10H2,1-5H3. The van der Waals surface area contributed by atoms with Crippen molar-refractivity contribution >= 4 is 10.0 Å². The largest absolute Gasteiger partial charge is 0.497 e. The van der Waals surface area contributed by atoms with Crippen molar-refractivity contribution in [3.63, 3.8) is 0 Å². The average molecular weight is 339 g/mol. The molecule has 0 atom stereocenters. The van der Waals surface area contributed by atoms with Gasteiger partial charge >= 0.3 is 0 Å². The molecule has 2 aromatic rings. The molecule has 1 aromatic heterocycles. The van der Waals surface area contributed by atoms with Gasteiger partial charge in [-0.3, -0.25) is 4.68 Å². The highest BCUT2D eigenvalue weighted by atomic mass is 32.2. The number of benzene rings is 1. The summed E-state index contributed by atoms with van der Waals surface area (Å²) in [5.41, 5.74) is 1.65. The van der Waals surface area contributed by atoms with E-state index in [1.807, 2.05) is 13.1 Å². The van der Waals surface area contributed by atoms with E-state index in [0.29, 0.717) is 5.75 Å². The van der Waals surface area contributed by atoms with Gasteiger partial charge in [-0.25, -0.2) is 8.42 Å². The van der Waals surface area contributed by atoms with Crippen LogP contribution in [0.15, 0.2) is 29.3 Å². The maximum Gasteiger partial charge on any atom is 0.246 e. The Balaban J connectivity index is 2.39. The van der Waals surface area contributed by atoms with Crippen LogP contribution >= 0.6 is 0 Å². The van der Waals surface area contributed by atoms with Crippen LogP contribution in [0.5, 0.6) is 11.5 Å². The summed E-state index contributed by atoms with van der Waals surface area (Å²) in [6, 6.07) is 4.69. The van der Waals surface area contributed by atoms with Gasteiger partial charge in [0.25, 0.3) is 0 Å². The normalized spacial score (nSPS) is 11.7. The van der Waals surface area contributed by atoms with E-state index in [4.69, 9.17) is 9.47 Å². The lowest BCUT2D eigenvalue weighted by Crippen LogP contribution is -2.27. The van der Waals surface area contributed by atoms with Crippen molar-refractivity contribution in [3.8, 4) is 11.5 Å². The van der Waals surface area contributed by atoms with Crippen LogP contribution in [-0.2, 0) is 23.6 Å². The zero-order chi connectivity index (χ0) is 17.2. The Morgan fingerprint density at radius 3 is 2.48 bits per heavy atom. The topological polar surface area (TPSA) is 73.7 Å². The predicted octanol–water partition coefficient (Wildman–Crippen LogP) is 1.57. The lowest BCUT2D eigenvalue weighted by molar-refractivity contribution is 0.388. The number of aromatic nitrogens is 2. The SMILES string of the molecule is COc1ccc(OC)c(S(=O)(=O)N(C)Cc2cn(C)nc2C)c1. The predicted molar refractivity (Wildman–Crippen MR) is 86.1 cm³/mol. The van der Waals surface area contributed by atoms with Gasteiger partial charge in [-0.05, 0) is 19.1 Å². The molecule has 0 saturated heterocycles. The zero-order valence-corrected chi connectivity index (χ0v) is 14.7. The minimum atomic E-state index is -3.73. The van der Waals surface area contributed by atoms with Crippen LogP contribution in [-0.4, -0.2) is 43.8 Å². The monoisotopic (exact) mass is 339 g/mol. The van der Waals surface area contributed by atoms with E-state index in [1.165, 1.54) is 31.6 Å². The fourth-order valence-corrected chi connectivity index (χ4v) is 3.60. The Kier molecular flexibility index (Phi) is 4.96. The minimum Gasteiger partial charge on any atom is -0.497 e. The molecule has 0 aliphatic carbocycles. The molecule has 2 rings (SSSR count). The Morgan fingerprint density at radius 1 is 1.26 bits per heavy atom. The van der Waals surface area contributed by atoms with Gasteiger partial charge in [0.2, 0.25) is 10.0 Å². The highest BCUT2D eigenvalue weighted by Gasteiger charge is 2.26. The number of nitrogens with zero attached hydrogens (tertiary/aromatic N) is 3. The van der Waals surface area contributed by atoms with Crippen molar-refractivity contribution in [2.45, 2.75) is 18.4 Å². The molecule has 0 bridgehead atoms. The summed E-state index contributed by atoms with van der Waals surface area (Å²) in [5, 5.41) is 4.23. The van der Waals surface area contributed by atoms with Gasteiger partial charge in [-0.2, -0.15) is 9.40 Å². The van der Waals surface area contributed by atoms with E-state index < -0.39 is 10.0 Å². The van der Waals surface area contributed by atoms with Crippen molar-refractivity contribution < 1.29 is 17.9 Å². The third-order valence-electron chi connectivity index (χ3n) is 3.57. The van der Waals surface area contributed by atoms with Crippen molar-refractivity contribution in [2.24, 2.45) is 7.05 Å². The van der Waals surface area contributed by atoms with Crippen molar-refractivity contribution in [1.29, 1.82) is 0 Å². The Morgan fingerprint density at radius 2 is 1.96 bits per heavy atom. The quantitative estimate of drug-likeness (QED) is 0.799. The molecular weight excluding hydrogens is 318 g/mol. The second kappa shape index (κ2) is 6.59. The molecule has 0 saturated carbocycles. The van der Waals surface area contributed by atoms with Crippen LogP contribution in [0.3, 0.4) is 0 Å². The molecule has 7 nitrogen and oxygen atoms in total. The molecule has 0 aliphatic heterocycles. The molecule has 126 valence electrons. The number of aryl methyl sites for hydroxylation is 2. The first kappa shape index (κ1) is 17.3. The highest BCUT2D eigenvalue weighted by molar-refractivity contribution is 7.89. The van der Waals surface area contributed by atoms with E-state index in [9.17, 15) is 8.42 Å². The molecule has 0 N–H and O–H groups in total. The first-order valence-electron chi connectivity index (χ1n) is 6.97. The van der Waals surface area contributed by atoms with E-state index in [2.05, 4.69) is 5.10 Å². The van der Waals surface area contributed by atoms with Gasteiger partial charge in [-0.15, -0.1) is 0 Å². The molecule has 0 radical (unpaired) electrons. The fraction of sp³-hybridized carbons (Fsp3) is 0.400. The van der Waals surface area contributed by atoms with Gasteiger partial charge in [0.05, 0.1) is 19.9 Å². The van der Waals surface area contributed by atoms with Crippen LogP contribution in [0.25, 0.3) is 0 Å². The molecule has 0 unspecified atom stereocenters. The lowest BCUT2D eigenvalue weighted by Gasteiger charge is -2.19. The molecule has 0 spiro atoms. The summed E-state index contributed by atoms with van der Waals surface area (Å²) < 4.78 is 39.0. The highest BCUT2D eigenvalue weighted by Crippen LogP contribution is 2.30. The summed E-state index contributed by atoms with van der Waals surface area (Å²) in [4.78, 5) is 0.0726. The second-order valence-corrected chi connectivity index (χ2v) is 7.20. The van der Waals surface area contributed by atoms with E-state index >= 15 is 0 Å². The van der Waals surface area contributed by atoms with Gasteiger partial charge in [-0.1, -0.05) is 0 Å². The van der Waals surface area contributed by atoms with Gasteiger partial charge in [0.15, 0.2) is 0 Å². The number of ether oxygens (including phenoxy) is 2. The number of hydrogen-bond acceptors (Lipinski definition) is 5. The van der Waals surface area contributed by atoms with Crippen molar-refractivity contribution in [2.75, 3.05) is 21.3 Å². The molecule has 23 heavy (non-hydrogen) atoms. The molecule has 0 amide bonds. The van der Waals surface area contributed by atoms with E-state index in [-0.39, 0.29) is 17.2 Å². The molecule has 0 fully saturated rings. The first-order valence-corrected chi connectivity index (χ1v) is 8.41. The third kappa shape index (κ3) is 3.48. The maximum atomic E-state index is 12.9. The fourth-order valence-electron chi connectivity index (χ4n) is 2.28. The van der Waals surface area contributed by atoms with Crippen LogP contribution in [0.2, 0.25) is 0 Å². The van der Waals surface area contributed by atoms with E-state index in [1.54, 1.807) is 23.9 Å². The Bertz CT molecular complexity index is 799. The first-order chi connectivity index (χ1) is 10.8. The molecule has 1 aromatic carbocycles. The van der Waals surface area contributed by atoms with Crippen LogP contribution in [0.4, 0.5) is 0 Å². The van der Waals surface area contributed by atoms with Gasteiger partial charge < -0.3 is 9.47 Å². The molecular formula is C15H21N3O4S. The lowest BCUT2D eigenvalue weighted by atomic mass is 10.3. The smallest absolute Gasteiger partial charge is 0.246 e. The number of methoxy groups -OCH3 is 2. The van der Waals surface area contributed by atoms with Crippen molar-refractivity contribution in [3.05, 3.63) is 35.7 Å². The summed E-state index contributed by atoms with van der Waals surface area (Å²) in [7, 11) is 2.53. The summed E-state index contributed by atoms with van der Waals surface area (Å²) in [6.07, 6.45) is 1.81. The third-order valence-corrected chi connectivity index (χ3v) is 5.39. The Labute approximate surface area is 136 Å². The van der Waals surface area contributed by atoms with Crippen LogP contribution in [0, 0.1) is 6.92 Å². The summed E-state index contributed by atoms with van der Waals surface area (Å²) in [5.74, 6) is 0.732. The van der Waals surface area contributed by atoms with Crippen LogP contribution in [0.1, 0.15) is 11.3 Å². The zero-order valence-electron chi connectivity index (χ0n) is 13.9. The maximum absolute atomic E-state index is 12.9. The van der Waals surface area contributed by atoms with Crippen LogP contribution < -0.4 is 9.47 Å². The minimum absolute atomic E-state index is 0.0726. The number of hydrogen-bond donors (Lipinski definition) is 0. The Hall–Kier alpha value is -2.06. The summed E-state index contributed by atoms with van der Waals surface area (Å²) in [6.45, 7) is 2.07. The van der Waals surface area contributed by atoms with Gasteiger partial charge in [0, 0.05) is 38.5 Å². The summed E-state index contributed by atoms with van der Waals surface area (Å²) >= 11 is 0. The molecule has 8 heteroatoms. The van der Waals surface area contributed by atoms with E-state index in [0.717, 1.165) is 11.3 Å². The second-order valence-electron chi connectivity index (χ2n) is 5.19. The molecule has 1 heterocycles.